The van der Waals surface area contributed by atoms with Crippen molar-refractivity contribution in [2.24, 2.45) is 0 Å². The lowest BCUT2D eigenvalue weighted by molar-refractivity contribution is -0.117. The van der Waals surface area contributed by atoms with Gasteiger partial charge in [-0.25, -0.2) is 13.2 Å². The van der Waals surface area contributed by atoms with Gasteiger partial charge in [0.25, 0.3) is 0 Å². The molecule has 0 spiro atoms. The van der Waals surface area contributed by atoms with Crippen molar-refractivity contribution in [2.45, 2.75) is 25.8 Å². The summed E-state index contributed by atoms with van der Waals surface area (Å²) in [6.07, 6.45) is 1.37. The highest BCUT2D eigenvalue weighted by atomic mass is 19.2. The molecule has 1 aliphatic rings. The van der Waals surface area contributed by atoms with Gasteiger partial charge in [-0.15, -0.1) is 0 Å². The van der Waals surface area contributed by atoms with E-state index in [1.54, 1.807) is 36.1 Å². The fraction of sp³-hybridized carbons (Fsp3) is 0.263. The van der Waals surface area contributed by atoms with Crippen LogP contribution < -0.4 is 15.5 Å². The largest absolute Gasteiger partial charge is 0.374 e. The fourth-order valence-electron chi connectivity index (χ4n) is 2.84. The zero-order valence-corrected chi connectivity index (χ0v) is 14.6. The molecule has 5 nitrogen and oxygen atoms in total. The average molecular weight is 377 g/mol. The van der Waals surface area contributed by atoms with Crippen LogP contribution in [0.5, 0.6) is 0 Å². The number of nitrogens with zero attached hydrogens (tertiary/aromatic N) is 1. The first kappa shape index (κ1) is 18.8. The number of anilines is 3. The third-order valence-electron chi connectivity index (χ3n) is 4.32. The smallest absolute Gasteiger partial charge is 0.246 e. The van der Waals surface area contributed by atoms with Crippen LogP contribution in [0.25, 0.3) is 0 Å². The molecule has 0 radical (unpaired) electrons. The van der Waals surface area contributed by atoms with Crippen molar-refractivity contribution in [3.63, 3.8) is 0 Å². The minimum absolute atomic E-state index is 0.0806. The molecule has 8 heteroatoms. The first-order chi connectivity index (χ1) is 12.9. The number of carbonyl (C=O) groups excluding carboxylic acids is 2. The Hall–Kier alpha value is -3.03. The van der Waals surface area contributed by atoms with Crippen molar-refractivity contribution >= 4 is 28.9 Å². The maximum atomic E-state index is 13.7. The van der Waals surface area contributed by atoms with Crippen LogP contribution in [-0.2, 0) is 9.59 Å². The van der Waals surface area contributed by atoms with Crippen molar-refractivity contribution in [1.29, 1.82) is 0 Å². The first-order valence-corrected chi connectivity index (χ1v) is 8.48. The van der Waals surface area contributed by atoms with E-state index in [9.17, 15) is 22.8 Å². The second-order valence-electron chi connectivity index (χ2n) is 6.27. The summed E-state index contributed by atoms with van der Waals surface area (Å²) in [7, 11) is 0. The van der Waals surface area contributed by atoms with Gasteiger partial charge in [0.1, 0.15) is 6.04 Å². The number of amides is 2. The highest BCUT2D eigenvalue weighted by Gasteiger charge is 2.22. The summed E-state index contributed by atoms with van der Waals surface area (Å²) in [4.78, 5) is 25.6. The van der Waals surface area contributed by atoms with Gasteiger partial charge < -0.3 is 15.5 Å². The number of carbonyl (C=O) groups is 2. The summed E-state index contributed by atoms with van der Waals surface area (Å²) in [5, 5.41) is 5.15. The van der Waals surface area contributed by atoms with Crippen LogP contribution in [0.2, 0.25) is 0 Å². The molecule has 1 aliphatic heterocycles. The number of hydrogen-bond donors (Lipinski definition) is 2. The van der Waals surface area contributed by atoms with E-state index in [-0.39, 0.29) is 5.91 Å². The monoisotopic (exact) mass is 377 g/mol. The number of hydrogen-bond acceptors (Lipinski definition) is 3. The van der Waals surface area contributed by atoms with Crippen LogP contribution in [0.15, 0.2) is 36.4 Å². The van der Waals surface area contributed by atoms with E-state index in [0.717, 1.165) is 24.2 Å². The summed E-state index contributed by atoms with van der Waals surface area (Å²) >= 11 is 0. The Balaban J connectivity index is 1.63. The summed E-state index contributed by atoms with van der Waals surface area (Å²) in [5.74, 6) is -4.94. The van der Waals surface area contributed by atoms with Crippen molar-refractivity contribution in [3.8, 4) is 0 Å². The number of benzene rings is 2. The lowest BCUT2D eigenvalue weighted by Crippen LogP contribution is -2.32. The molecule has 0 unspecified atom stereocenters. The third kappa shape index (κ3) is 4.05. The maximum Gasteiger partial charge on any atom is 0.246 e. The van der Waals surface area contributed by atoms with Crippen LogP contribution in [0.3, 0.4) is 0 Å². The molecule has 1 saturated heterocycles. The van der Waals surface area contributed by atoms with Crippen LogP contribution in [0.4, 0.5) is 30.2 Å². The van der Waals surface area contributed by atoms with E-state index >= 15 is 0 Å². The first-order valence-electron chi connectivity index (χ1n) is 8.48. The topological polar surface area (TPSA) is 61.4 Å². The Morgan fingerprint density at radius 3 is 2.41 bits per heavy atom. The van der Waals surface area contributed by atoms with Gasteiger partial charge in [0.05, 0.1) is 5.69 Å². The molecule has 0 saturated carbocycles. The summed E-state index contributed by atoms with van der Waals surface area (Å²) in [5.41, 5.74) is 0.971. The summed E-state index contributed by atoms with van der Waals surface area (Å²) in [6, 6.07) is 7.92. The number of nitrogens with one attached hydrogen (secondary N) is 2. The molecule has 1 heterocycles. The second kappa shape index (κ2) is 7.69. The van der Waals surface area contributed by atoms with Crippen molar-refractivity contribution in [2.75, 3.05) is 22.1 Å². The molecule has 1 atom stereocenters. The summed E-state index contributed by atoms with van der Waals surface area (Å²) < 4.78 is 39.8. The molecule has 2 amide bonds. The molecule has 3 rings (SSSR count). The van der Waals surface area contributed by atoms with E-state index in [1.165, 1.54) is 0 Å². The maximum absolute atomic E-state index is 13.7. The Morgan fingerprint density at radius 2 is 1.78 bits per heavy atom. The molecule has 27 heavy (non-hydrogen) atoms. The predicted molar refractivity (Wildman–Crippen MR) is 96.1 cm³/mol. The van der Waals surface area contributed by atoms with Gasteiger partial charge in [-0.3, -0.25) is 9.59 Å². The zero-order valence-electron chi connectivity index (χ0n) is 14.6. The Kier molecular flexibility index (Phi) is 5.34. The van der Waals surface area contributed by atoms with Crippen molar-refractivity contribution in [1.82, 2.24) is 0 Å². The minimum atomic E-state index is -1.64. The van der Waals surface area contributed by atoms with Gasteiger partial charge >= 0.3 is 0 Å². The minimum Gasteiger partial charge on any atom is -0.374 e. The van der Waals surface area contributed by atoms with Crippen LogP contribution >= 0.6 is 0 Å². The molecule has 2 aromatic carbocycles. The molecule has 2 N–H and O–H groups in total. The van der Waals surface area contributed by atoms with Gasteiger partial charge in [-0.1, -0.05) is 0 Å². The molecular formula is C19H18F3N3O2. The molecule has 142 valence electrons. The summed E-state index contributed by atoms with van der Waals surface area (Å²) in [6.45, 7) is 2.23. The standard InChI is InChI=1S/C19H18F3N3O2/c1-11(19(27)24-15-9-8-14(20)17(21)18(15)22)23-12-4-6-13(7-5-12)25-10-2-3-16(25)26/h4-9,11,23H,2-3,10H2,1H3,(H,24,27)/t11-/m0/s1. The predicted octanol–water partition coefficient (Wildman–Crippen LogP) is 3.67. The normalized spacial score (nSPS) is 15.0. The van der Waals surface area contributed by atoms with E-state index in [2.05, 4.69) is 10.6 Å². The Morgan fingerprint density at radius 1 is 1.07 bits per heavy atom. The molecule has 0 bridgehead atoms. The van der Waals surface area contributed by atoms with Gasteiger partial charge in [-0.05, 0) is 49.7 Å². The lowest BCUT2D eigenvalue weighted by atomic mass is 10.2. The molecule has 0 aliphatic carbocycles. The molecule has 2 aromatic rings. The highest BCUT2D eigenvalue weighted by molar-refractivity contribution is 5.97. The third-order valence-corrected chi connectivity index (χ3v) is 4.32. The van der Waals surface area contributed by atoms with E-state index < -0.39 is 35.1 Å². The molecule has 1 fully saturated rings. The van der Waals surface area contributed by atoms with Gasteiger partial charge in [0, 0.05) is 24.3 Å². The van der Waals surface area contributed by atoms with E-state index in [0.29, 0.717) is 18.7 Å². The van der Waals surface area contributed by atoms with E-state index in [4.69, 9.17) is 0 Å². The average Bonchev–Trinajstić information content (AvgIpc) is 3.08. The molecular weight excluding hydrogens is 359 g/mol. The van der Waals surface area contributed by atoms with Gasteiger partial charge in [0.2, 0.25) is 11.8 Å². The lowest BCUT2D eigenvalue weighted by Gasteiger charge is -2.18. The van der Waals surface area contributed by atoms with Crippen molar-refractivity contribution < 1.29 is 22.8 Å². The number of rotatable bonds is 5. The van der Waals surface area contributed by atoms with Gasteiger partial charge in [0.15, 0.2) is 17.5 Å². The van der Waals surface area contributed by atoms with Gasteiger partial charge in [-0.2, -0.15) is 0 Å². The second-order valence-corrected chi connectivity index (χ2v) is 6.27. The Bertz CT molecular complexity index is 871. The van der Waals surface area contributed by atoms with Crippen LogP contribution in [0.1, 0.15) is 19.8 Å². The SMILES string of the molecule is C[C@H](Nc1ccc(N2CCCC2=O)cc1)C(=O)Nc1ccc(F)c(F)c1F. The van der Waals surface area contributed by atoms with Crippen LogP contribution in [0, 0.1) is 17.5 Å². The quantitative estimate of drug-likeness (QED) is 0.782. The van der Waals surface area contributed by atoms with Crippen LogP contribution in [-0.4, -0.2) is 24.4 Å². The zero-order chi connectivity index (χ0) is 19.6. The number of halogens is 3. The molecule has 0 aromatic heterocycles. The van der Waals surface area contributed by atoms with Crippen molar-refractivity contribution in [3.05, 3.63) is 53.8 Å². The Labute approximate surface area is 154 Å². The van der Waals surface area contributed by atoms with E-state index in [1.807, 2.05) is 0 Å². The fourth-order valence-corrected chi connectivity index (χ4v) is 2.84. The highest BCUT2D eigenvalue weighted by Crippen LogP contribution is 2.24.